The van der Waals surface area contributed by atoms with Crippen LogP contribution in [-0.4, -0.2) is 35.8 Å². The normalized spacial score (nSPS) is 18.1. The number of fused-ring (bicyclic) bond motifs is 1. The van der Waals surface area contributed by atoms with Crippen molar-refractivity contribution >= 4 is 17.5 Å². The summed E-state index contributed by atoms with van der Waals surface area (Å²) in [4.78, 5) is 26.8. The third-order valence-corrected chi connectivity index (χ3v) is 5.66. The second-order valence-corrected chi connectivity index (χ2v) is 7.78. The minimum absolute atomic E-state index is 0.0140. The Morgan fingerprint density at radius 3 is 2.64 bits per heavy atom. The number of hydrogen-bond donors (Lipinski definition) is 2. The van der Waals surface area contributed by atoms with Crippen molar-refractivity contribution in [1.29, 1.82) is 0 Å². The average Bonchev–Trinajstić information content (AvgIpc) is 2.90. The van der Waals surface area contributed by atoms with E-state index in [1.54, 1.807) is 0 Å². The maximum absolute atomic E-state index is 12.7. The minimum atomic E-state index is -0.0140. The van der Waals surface area contributed by atoms with Gasteiger partial charge in [-0.3, -0.25) is 14.5 Å². The van der Waals surface area contributed by atoms with Gasteiger partial charge in [0.2, 0.25) is 5.91 Å². The molecular formula is C23H27N3O2. The molecule has 0 saturated carbocycles. The molecule has 2 aromatic rings. The van der Waals surface area contributed by atoms with Gasteiger partial charge in [-0.25, -0.2) is 0 Å². The highest BCUT2D eigenvalue weighted by atomic mass is 16.2. The molecule has 2 aromatic carbocycles. The quantitative estimate of drug-likeness (QED) is 0.859. The first-order chi connectivity index (χ1) is 13.7. The lowest BCUT2D eigenvalue weighted by Crippen LogP contribution is -2.44. The molecule has 0 unspecified atom stereocenters. The summed E-state index contributed by atoms with van der Waals surface area (Å²) >= 11 is 0. The summed E-state index contributed by atoms with van der Waals surface area (Å²) in [5, 5.41) is 6.12. The predicted molar refractivity (Wildman–Crippen MR) is 110 cm³/mol. The van der Waals surface area contributed by atoms with Gasteiger partial charge in [-0.1, -0.05) is 30.3 Å². The number of likely N-dealkylation sites (tertiary alicyclic amines) is 1. The first-order valence-corrected chi connectivity index (χ1v) is 10.2. The number of piperidine rings is 1. The Hall–Kier alpha value is -2.66. The van der Waals surface area contributed by atoms with Crippen molar-refractivity contribution in [3.05, 3.63) is 65.2 Å². The summed E-state index contributed by atoms with van der Waals surface area (Å²) in [6, 6.07) is 16.3. The van der Waals surface area contributed by atoms with Gasteiger partial charge in [0.15, 0.2) is 0 Å². The molecule has 0 aliphatic carbocycles. The van der Waals surface area contributed by atoms with E-state index in [4.69, 9.17) is 0 Å². The number of benzene rings is 2. The van der Waals surface area contributed by atoms with Crippen molar-refractivity contribution in [2.45, 2.75) is 44.7 Å². The maximum atomic E-state index is 12.7. The van der Waals surface area contributed by atoms with Crippen LogP contribution >= 0.6 is 0 Å². The Morgan fingerprint density at radius 2 is 1.86 bits per heavy atom. The zero-order valence-electron chi connectivity index (χ0n) is 16.1. The monoisotopic (exact) mass is 377 g/mol. The van der Waals surface area contributed by atoms with Crippen LogP contribution in [-0.2, 0) is 17.8 Å². The average molecular weight is 377 g/mol. The fourth-order valence-electron chi connectivity index (χ4n) is 4.06. The lowest BCUT2D eigenvalue weighted by molar-refractivity contribution is -0.116. The summed E-state index contributed by atoms with van der Waals surface area (Å²) in [5.41, 5.74) is 3.91. The molecule has 2 N–H and O–H groups in total. The molecule has 2 heterocycles. The fraction of sp³-hybridized carbons (Fsp3) is 0.391. The van der Waals surface area contributed by atoms with Gasteiger partial charge in [0.25, 0.3) is 5.91 Å². The molecule has 0 atom stereocenters. The van der Waals surface area contributed by atoms with E-state index in [0.717, 1.165) is 56.6 Å². The number of rotatable bonds is 4. The predicted octanol–water partition coefficient (Wildman–Crippen LogP) is 3.36. The second-order valence-electron chi connectivity index (χ2n) is 7.78. The van der Waals surface area contributed by atoms with Gasteiger partial charge in [0.05, 0.1) is 0 Å². The van der Waals surface area contributed by atoms with Gasteiger partial charge in [-0.2, -0.15) is 0 Å². The highest BCUT2D eigenvalue weighted by Gasteiger charge is 2.22. The van der Waals surface area contributed by atoms with Crippen LogP contribution in [0.15, 0.2) is 48.5 Å². The van der Waals surface area contributed by atoms with Gasteiger partial charge >= 0.3 is 0 Å². The Labute approximate surface area is 166 Å². The van der Waals surface area contributed by atoms with Crippen molar-refractivity contribution in [3.63, 3.8) is 0 Å². The molecular weight excluding hydrogens is 350 g/mol. The van der Waals surface area contributed by atoms with Crippen LogP contribution in [0.2, 0.25) is 0 Å². The Kier molecular flexibility index (Phi) is 5.72. The van der Waals surface area contributed by atoms with E-state index in [0.29, 0.717) is 12.0 Å². The Morgan fingerprint density at radius 1 is 1.07 bits per heavy atom. The van der Waals surface area contributed by atoms with Gasteiger partial charge in [0, 0.05) is 43.3 Å². The number of carbonyl (C=O) groups excluding carboxylic acids is 2. The highest BCUT2D eigenvalue weighted by Crippen LogP contribution is 2.23. The van der Waals surface area contributed by atoms with Crippen LogP contribution in [0.4, 0.5) is 5.69 Å². The van der Waals surface area contributed by atoms with Crippen LogP contribution in [0.5, 0.6) is 0 Å². The lowest BCUT2D eigenvalue weighted by atomic mass is 10.0. The topological polar surface area (TPSA) is 61.4 Å². The second kappa shape index (κ2) is 8.57. The van der Waals surface area contributed by atoms with E-state index in [-0.39, 0.29) is 17.9 Å². The number of nitrogens with one attached hydrogen (secondary N) is 2. The largest absolute Gasteiger partial charge is 0.349 e. The van der Waals surface area contributed by atoms with E-state index in [1.165, 1.54) is 5.56 Å². The molecule has 1 fully saturated rings. The van der Waals surface area contributed by atoms with Crippen LogP contribution in [0.1, 0.15) is 47.2 Å². The molecule has 0 bridgehead atoms. The van der Waals surface area contributed by atoms with Crippen molar-refractivity contribution in [2.24, 2.45) is 0 Å². The number of carbonyl (C=O) groups is 2. The number of amides is 2. The van der Waals surface area contributed by atoms with Gasteiger partial charge in [-0.15, -0.1) is 0 Å². The lowest BCUT2D eigenvalue weighted by Gasteiger charge is -2.32. The van der Waals surface area contributed by atoms with Gasteiger partial charge in [-0.05, 0) is 55.0 Å². The number of hydrogen-bond acceptors (Lipinski definition) is 3. The molecule has 0 aromatic heterocycles. The first kappa shape index (κ1) is 18.7. The van der Waals surface area contributed by atoms with Crippen LogP contribution in [0.25, 0.3) is 0 Å². The molecule has 5 heteroatoms. The molecule has 2 aliphatic heterocycles. The number of anilines is 1. The van der Waals surface area contributed by atoms with Crippen molar-refractivity contribution in [1.82, 2.24) is 10.2 Å². The maximum Gasteiger partial charge on any atom is 0.251 e. The van der Waals surface area contributed by atoms with E-state index in [9.17, 15) is 9.59 Å². The summed E-state index contributed by atoms with van der Waals surface area (Å²) < 4.78 is 0. The van der Waals surface area contributed by atoms with E-state index in [2.05, 4.69) is 39.8 Å². The molecule has 1 saturated heterocycles. The van der Waals surface area contributed by atoms with Crippen molar-refractivity contribution in [3.8, 4) is 0 Å². The summed E-state index contributed by atoms with van der Waals surface area (Å²) in [6.07, 6.45) is 4.13. The molecule has 2 amide bonds. The third kappa shape index (κ3) is 4.60. The summed E-state index contributed by atoms with van der Waals surface area (Å²) in [5.74, 6) is 0.0399. The minimum Gasteiger partial charge on any atom is -0.349 e. The zero-order valence-corrected chi connectivity index (χ0v) is 16.1. The Bertz CT molecular complexity index is 842. The highest BCUT2D eigenvalue weighted by molar-refractivity contribution is 5.97. The molecule has 0 radical (unpaired) electrons. The molecule has 0 spiro atoms. The summed E-state index contributed by atoms with van der Waals surface area (Å²) in [6.45, 7) is 2.96. The van der Waals surface area contributed by atoms with Gasteiger partial charge < -0.3 is 10.6 Å². The molecule has 28 heavy (non-hydrogen) atoms. The van der Waals surface area contributed by atoms with Crippen LogP contribution in [0, 0.1) is 0 Å². The molecule has 146 valence electrons. The van der Waals surface area contributed by atoms with Crippen molar-refractivity contribution < 1.29 is 9.59 Å². The van der Waals surface area contributed by atoms with Crippen LogP contribution < -0.4 is 10.6 Å². The van der Waals surface area contributed by atoms with Crippen LogP contribution in [0.3, 0.4) is 0 Å². The third-order valence-electron chi connectivity index (χ3n) is 5.66. The summed E-state index contributed by atoms with van der Waals surface area (Å²) in [7, 11) is 0. The zero-order chi connectivity index (χ0) is 19.3. The van der Waals surface area contributed by atoms with E-state index < -0.39 is 0 Å². The van der Waals surface area contributed by atoms with E-state index in [1.807, 2.05) is 24.3 Å². The molecule has 4 rings (SSSR count). The number of nitrogens with zero attached hydrogens (tertiary/aromatic N) is 1. The first-order valence-electron chi connectivity index (χ1n) is 10.2. The Balaban J connectivity index is 1.31. The fourth-order valence-corrected chi connectivity index (χ4v) is 4.06. The standard InChI is InChI=1S/C23H27N3O2/c27-22-8-4-7-18-15-19(9-10-21(18)25-22)23(28)24-20-11-13-26(14-12-20)16-17-5-2-1-3-6-17/h1-3,5-6,9-10,15,20H,4,7-8,11-14,16H2,(H,24,28)(H,25,27). The van der Waals surface area contributed by atoms with E-state index >= 15 is 0 Å². The molecule has 5 nitrogen and oxygen atoms in total. The molecule has 2 aliphatic rings. The number of aryl methyl sites for hydroxylation is 1. The smallest absolute Gasteiger partial charge is 0.251 e. The van der Waals surface area contributed by atoms with Crippen molar-refractivity contribution in [2.75, 3.05) is 18.4 Å². The van der Waals surface area contributed by atoms with Gasteiger partial charge in [0.1, 0.15) is 0 Å². The SMILES string of the molecule is O=C1CCCc2cc(C(=O)NC3CCN(Cc4ccccc4)CC3)ccc2N1.